The maximum absolute atomic E-state index is 6.12. The van der Waals surface area contributed by atoms with Crippen molar-refractivity contribution >= 4 is 15.9 Å². The molecule has 2 aliphatic rings. The Morgan fingerprint density at radius 2 is 2.10 bits per heavy atom. The topological polar surface area (TPSA) is 30.5 Å². The van der Waals surface area contributed by atoms with Crippen molar-refractivity contribution in [1.82, 2.24) is 5.32 Å². The predicted molar refractivity (Wildman–Crippen MR) is 83.5 cm³/mol. The minimum Gasteiger partial charge on any atom is -0.493 e. The molecule has 0 radical (unpaired) electrons. The van der Waals surface area contributed by atoms with Gasteiger partial charge in [-0.1, -0.05) is 22.4 Å². The number of halogens is 1. The van der Waals surface area contributed by atoms with E-state index in [4.69, 9.17) is 9.47 Å². The summed E-state index contributed by atoms with van der Waals surface area (Å²) in [5.41, 5.74) is 1.23. The van der Waals surface area contributed by atoms with Crippen LogP contribution in [0.1, 0.15) is 43.7 Å². The molecule has 1 aliphatic carbocycles. The second-order valence-electron chi connectivity index (χ2n) is 5.75. The molecular weight excluding hydrogens is 318 g/mol. The normalized spacial score (nSPS) is 22.6. The Labute approximate surface area is 129 Å². The van der Waals surface area contributed by atoms with Crippen LogP contribution in [0.3, 0.4) is 0 Å². The van der Waals surface area contributed by atoms with Gasteiger partial charge >= 0.3 is 0 Å². The maximum Gasteiger partial charge on any atom is 0.167 e. The van der Waals surface area contributed by atoms with Gasteiger partial charge in [-0.15, -0.1) is 0 Å². The first-order chi connectivity index (χ1) is 9.79. The summed E-state index contributed by atoms with van der Waals surface area (Å²) >= 11 is 3.69. The molecule has 3 rings (SSSR count). The third kappa shape index (κ3) is 3.12. The van der Waals surface area contributed by atoms with E-state index in [9.17, 15) is 0 Å². The fraction of sp³-hybridized carbons (Fsp3) is 0.625. The molecule has 1 aliphatic heterocycles. The molecule has 110 valence electrons. The van der Waals surface area contributed by atoms with Crippen molar-refractivity contribution in [1.29, 1.82) is 0 Å². The summed E-state index contributed by atoms with van der Waals surface area (Å²) in [4.78, 5) is 0. The average Bonchev–Trinajstić information content (AvgIpc) is 3.30. The van der Waals surface area contributed by atoms with Gasteiger partial charge in [0.25, 0.3) is 0 Å². The molecule has 1 atom stereocenters. The smallest absolute Gasteiger partial charge is 0.167 e. The van der Waals surface area contributed by atoms with Crippen LogP contribution in [0, 0.1) is 5.92 Å². The van der Waals surface area contributed by atoms with Crippen LogP contribution in [0.15, 0.2) is 16.6 Å². The van der Waals surface area contributed by atoms with Gasteiger partial charge in [-0.3, -0.25) is 0 Å². The zero-order chi connectivity index (χ0) is 13.9. The standard InChI is InChI=1S/C16H22BrNO2/c1-19-14-8-7-12(17)15(13-4-2-3-9-18-13)16(14)20-10-11-5-6-11/h7-8,11,13,18H,2-6,9-10H2,1H3. The number of hydrogen-bond donors (Lipinski definition) is 1. The molecule has 1 unspecified atom stereocenters. The number of benzene rings is 1. The third-order valence-corrected chi connectivity index (χ3v) is 4.84. The van der Waals surface area contributed by atoms with Crippen LogP contribution >= 0.6 is 15.9 Å². The quantitative estimate of drug-likeness (QED) is 0.877. The molecule has 0 aromatic heterocycles. The first-order valence-corrected chi connectivity index (χ1v) is 8.31. The van der Waals surface area contributed by atoms with Crippen molar-refractivity contribution in [2.75, 3.05) is 20.3 Å². The molecule has 1 aromatic carbocycles. The van der Waals surface area contributed by atoms with Crippen molar-refractivity contribution in [3.05, 3.63) is 22.2 Å². The van der Waals surface area contributed by atoms with Crippen LogP contribution in [0.2, 0.25) is 0 Å². The van der Waals surface area contributed by atoms with E-state index in [0.29, 0.717) is 6.04 Å². The Morgan fingerprint density at radius 1 is 1.25 bits per heavy atom. The first kappa shape index (κ1) is 14.2. The summed E-state index contributed by atoms with van der Waals surface area (Å²) in [5, 5.41) is 3.61. The predicted octanol–water partition coefficient (Wildman–Crippen LogP) is 4.06. The number of ether oxygens (including phenoxy) is 2. The molecule has 1 N–H and O–H groups in total. The monoisotopic (exact) mass is 339 g/mol. The van der Waals surface area contributed by atoms with Gasteiger partial charge in [0.2, 0.25) is 0 Å². The lowest BCUT2D eigenvalue weighted by molar-refractivity contribution is 0.271. The number of nitrogens with one attached hydrogen (secondary N) is 1. The molecule has 1 heterocycles. The summed E-state index contributed by atoms with van der Waals surface area (Å²) in [5.74, 6) is 2.51. The van der Waals surface area contributed by atoms with Crippen molar-refractivity contribution in [2.24, 2.45) is 5.92 Å². The van der Waals surface area contributed by atoms with Crippen LogP contribution in [0.4, 0.5) is 0 Å². The van der Waals surface area contributed by atoms with Crippen LogP contribution in [-0.2, 0) is 0 Å². The fourth-order valence-corrected chi connectivity index (χ4v) is 3.36. The van der Waals surface area contributed by atoms with Crippen LogP contribution < -0.4 is 14.8 Å². The van der Waals surface area contributed by atoms with Gasteiger partial charge in [0.05, 0.1) is 13.7 Å². The molecule has 0 amide bonds. The minimum absolute atomic E-state index is 0.363. The Balaban J connectivity index is 1.90. The second-order valence-corrected chi connectivity index (χ2v) is 6.60. The fourth-order valence-electron chi connectivity index (χ4n) is 2.77. The molecule has 1 aromatic rings. The highest BCUT2D eigenvalue weighted by atomic mass is 79.9. The van der Waals surface area contributed by atoms with Gasteiger partial charge in [-0.2, -0.15) is 0 Å². The molecule has 2 fully saturated rings. The molecule has 1 saturated carbocycles. The molecule has 20 heavy (non-hydrogen) atoms. The zero-order valence-corrected chi connectivity index (χ0v) is 13.5. The summed E-state index contributed by atoms with van der Waals surface area (Å²) in [6.07, 6.45) is 6.28. The number of hydrogen-bond acceptors (Lipinski definition) is 3. The lowest BCUT2D eigenvalue weighted by Crippen LogP contribution is -2.27. The van der Waals surface area contributed by atoms with E-state index >= 15 is 0 Å². The number of piperidine rings is 1. The van der Waals surface area contributed by atoms with Crippen LogP contribution in [-0.4, -0.2) is 20.3 Å². The van der Waals surface area contributed by atoms with Gasteiger partial charge < -0.3 is 14.8 Å². The highest BCUT2D eigenvalue weighted by Crippen LogP contribution is 2.43. The summed E-state index contributed by atoms with van der Waals surface area (Å²) in [6, 6.07) is 4.41. The molecule has 4 heteroatoms. The Hall–Kier alpha value is -0.740. The summed E-state index contributed by atoms with van der Waals surface area (Å²) in [7, 11) is 1.71. The minimum atomic E-state index is 0.363. The Bertz CT molecular complexity index is 468. The van der Waals surface area contributed by atoms with Crippen LogP contribution in [0.25, 0.3) is 0 Å². The van der Waals surface area contributed by atoms with Gasteiger partial charge in [0.15, 0.2) is 11.5 Å². The highest BCUT2D eigenvalue weighted by molar-refractivity contribution is 9.10. The van der Waals surface area contributed by atoms with Crippen molar-refractivity contribution in [2.45, 2.75) is 38.1 Å². The average molecular weight is 340 g/mol. The second kappa shape index (κ2) is 6.35. The van der Waals surface area contributed by atoms with Crippen molar-refractivity contribution < 1.29 is 9.47 Å². The highest BCUT2D eigenvalue weighted by Gasteiger charge is 2.27. The Kier molecular flexibility index (Phi) is 4.51. The first-order valence-electron chi connectivity index (χ1n) is 7.52. The van der Waals surface area contributed by atoms with E-state index in [1.54, 1.807) is 7.11 Å². The lowest BCUT2D eigenvalue weighted by Gasteiger charge is -2.27. The SMILES string of the molecule is COc1ccc(Br)c(C2CCCCN2)c1OCC1CC1. The molecular formula is C16H22BrNO2. The molecule has 3 nitrogen and oxygen atoms in total. The van der Waals surface area contributed by atoms with E-state index in [2.05, 4.69) is 27.3 Å². The van der Waals surface area contributed by atoms with Gasteiger partial charge in [-0.25, -0.2) is 0 Å². The zero-order valence-electron chi connectivity index (χ0n) is 12.0. The van der Waals surface area contributed by atoms with Crippen LogP contribution in [0.5, 0.6) is 11.5 Å². The van der Waals surface area contributed by atoms with Crippen molar-refractivity contribution in [3.8, 4) is 11.5 Å². The van der Waals surface area contributed by atoms with Crippen molar-refractivity contribution in [3.63, 3.8) is 0 Å². The van der Waals surface area contributed by atoms with E-state index in [1.807, 2.05) is 6.07 Å². The Morgan fingerprint density at radius 3 is 2.75 bits per heavy atom. The van der Waals surface area contributed by atoms with E-state index < -0.39 is 0 Å². The molecule has 1 saturated heterocycles. The van der Waals surface area contributed by atoms with E-state index in [0.717, 1.165) is 41.5 Å². The lowest BCUT2D eigenvalue weighted by atomic mass is 9.96. The summed E-state index contributed by atoms with van der Waals surface area (Å²) in [6.45, 7) is 1.89. The molecule has 0 bridgehead atoms. The van der Waals surface area contributed by atoms with E-state index in [-0.39, 0.29) is 0 Å². The van der Waals surface area contributed by atoms with Gasteiger partial charge in [0, 0.05) is 16.1 Å². The third-order valence-electron chi connectivity index (χ3n) is 4.15. The maximum atomic E-state index is 6.12. The number of methoxy groups -OCH3 is 1. The number of rotatable bonds is 5. The van der Waals surface area contributed by atoms with Gasteiger partial charge in [-0.05, 0) is 50.3 Å². The largest absolute Gasteiger partial charge is 0.493 e. The van der Waals surface area contributed by atoms with Gasteiger partial charge in [0.1, 0.15) is 0 Å². The molecule has 0 spiro atoms. The van der Waals surface area contributed by atoms with E-state index in [1.165, 1.54) is 31.2 Å². The summed E-state index contributed by atoms with van der Waals surface area (Å²) < 4.78 is 12.7.